The number of carbonyl (C=O) groups excluding carboxylic acids is 3. The van der Waals surface area contributed by atoms with Crippen molar-refractivity contribution in [2.45, 2.75) is 315 Å². The third kappa shape index (κ3) is 64.0. The van der Waals surface area contributed by atoms with Crippen LogP contribution >= 0.6 is 0 Å². The zero-order chi connectivity index (χ0) is 59.8. The number of hydrogen-bond donors (Lipinski definition) is 0. The molecule has 0 spiro atoms. The highest BCUT2D eigenvalue weighted by Gasteiger charge is 2.22. The first kappa shape index (κ1) is 78.5. The molecule has 2 atom stereocenters. The summed E-state index contributed by atoms with van der Waals surface area (Å²) in [6.07, 6.45) is 82.3. The van der Waals surface area contributed by atoms with Crippen molar-refractivity contribution in [2.24, 2.45) is 0 Å². The molecule has 0 amide bonds. The molecule has 0 aliphatic rings. The molecule has 0 aromatic carbocycles. The van der Waals surface area contributed by atoms with E-state index in [-0.39, 0.29) is 32.2 Å². The number of ether oxygens (including phenoxy) is 4. The topological polar surface area (TPSA) is 111 Å². The highest BCUT2D eigenvalue weighted by atomic mass is 16.7. The van der Waals surface area contributed by atoms with E-state index in [1.165, 1.54) is 193 Å². The van der Waals surface area contributed by atoms with Gasteiger partial charge in [0.05, 0.1) is 40.3 Å². The van der Waals surface area contributed by atoms with Gasteiger partial charge >= 0.3 is 11.9 Å². The van der Waals surface area contributed by atoms with Crippen LogP contribution in [0.5, 0.6) is 0 Å². The monoisotopic (exact) mass is 1150 g/mol. The van der Waals surface area contributed by atoms with Gasteiger partial charge in [-0.15, -0.1) is 0 Å². The predicted octanol–water partition coefficient (Wildman–Crippen LogP) is 19.7. The molecule has 0 heterocycles. The first-order valence-corrected chi connectivity index (χ1v) is 34.2. The van der Waals surface area contributed by atoms with E-state index in [0.29, 0.717) is 23.9 Å². The second-order valence-electron chi connectivity index (χ2n) is 24.1. The standard InChI is InChI=1S/C73H129NO8/c1-6-8-10-12-14-16-18-20-22-24-26-27-28-29-30-31-32-33-34-35-36-37-38-39-40-41-42-43-44-45-46-48-50-52-54-56-58-60-62-64-71(76)82-69(68-81-73(72(77)78)79-66-65-74(3,4)5)67-80-70(75)63-61-59-57-55-53-51-49-47-25-23-21-19-17-15-13-11-9-7-2/h8,10,14,16,20,22,26-27,29-30,32-33,35-36,69,73H,6-7,9,11-13,15,17-19,21,23-25,28,31,34,37-68H2,1-5H3/b10-8-,16-14-,22-20-,27-26-,30-29-,33-32-,36-35-. The number of quaternary nitrogens is 1. The summed E-state index contributed by atoms with van der Waals surface area (Å²) in [5.74, 6) is -2.27. The maximum atomic E-state index is 12.9. The summed E-state index contributed by atoms with van der Waals surface area (Å²) >= 11 is 0. The van der Waals surface area contributed by atoms with Crippen LogP contribution in [0.4, 0.5) is 0 Å². The normalized spacial score (nSPS) is 13.2. The van der Waals surface area contributed by atoms with Gasteiger partial charge in [-0.25, -0.2) is 0 Å². The van der Waals surface area contributed by atoms with Gasteiger partial charge in [0.15, 0.2) is 12.4 Å². The number of carboxylic acids is 1. The summed E-state index contributed by atoms with van der Waals surface area (Å²) in [5.41, 5.74) is 0. The van der Waals surface area contributed by atoms with Crippen molar-refractivity contribution < 1.29 is 42.9 Å². The zero-order valence-corrected chi connectivity index (χ0v) is 54.1. The van der Waals surface area contributed by atoms with Crippen molar-refractivity contribution in [3.05, 3.63) is 85.1 Å². The van der Waals surface area contributed by atoms with Gasteiger partial charge in [0.1, 0.15) is 13.2 Å². The van der Waals surface area contributed by atoms with Gasteiger partial charge in [-0.1, -0.05) is 304 Å². The minimum Gasteiger partial charge on any atom is -0.545 e. The Kier molecular flexibility index (Phi) is 60.8. The number of esters is 2. The van der Waals surface area contributed by atoms with Crippen LogP contribution in [0.25, 0.3) is 0 Å². The molecule has 9 heteroatoms. The number of aliphatic carboxylic acids is 1. The Balaban J connectivity index is 4.04. The number of carboxylic acid groups (broad SMARTS) is 1. The summed E-state index contributed by atoms with van der Waals surface area (Å²) in [4.78, 5) is 37.4. The van der Waals surface area contributed by atoms with E-state index in [1.54, 1.807) is 0 Å². The van der Waals surface area contributed by atoms with E-state index in [9.17, 15) is 19.5 Å². The number of carbonyl (C=O) groups is 3. The largest absolute Gasteiger partial charge is 0.545 e. The Labute approximate surface area is 506 Å². The van der Waals surface area contributed by atoms with Crippen LogP contribution in [0.2, 0.25) is 0 Å². The number of rotatable bonds is 63. The average Bonchev–Trinajstić information content (AvgIpc) is 3.45. The molecule has 0 fully saturated rings. The second-order valence-corrected chi connectivity index (χ2v) is 24.1. The van der Waals surface area contributed by atoms with E-state index < -0.39 is 24.3 Å². The molecule has 0 rings (SSSR count). The lowest BCUT2D eigenvalue weighted by atomic mass is 10.0. The molecular weight excluding hydrogens is 1020 g/mol. The van der Waals surface area contributed by atoms with Gasteiger partial charge in [-0.3, -0.25) is 9.59 Å². The van der Waals surface area contributed by atoms with Crippen LogP contribution in [0, 0.1) is 0 Å². The molecule has 0 aromatic heterocycles. The fourth-order valence-electron chi connectivity index (χ4n) is 9.70. The smallest absolute Gasteiger partial charge is 0.306 e. The van der Waals surface area contributed by atoms with Crippen LogP contribution in [-0.2, 0) is 33.3 Å². The Morgan fingerprint density at radius 2 is 0.695 bits per heavy atom. The molecule has 0 saturated carbocycles. The summed E-state index contributed by atoms with van der Waals surface area (Å²) < 4.78 is 22.8. The lowest BCUT2D eigenvalue weighted by molar-refractivity contribution is -0.870. The van der Waals surface area contributed by atoms with E-state index in [0.717, 1.165) is 77.0 Å². The van der Waals surface area contributed by atoms with Crippen molar-refractivity contribution in [2.75, 3.05) is 47.5 Å². The minimum absolute atomic E-state index is 0.148. The molecule has 0 aliphatic carbocycles. The lowest BCUT2D eigenvalue weighted by Crippen LogP contribution is -2.44. The van der Waals surface area contributed by atoms with Gasteiger partial charge < -0.3 is 33.3 Å². The Bertz CT molecular complexity index is 1620. The second kappa shape index (κ2) is 63.5. The van der Waals surface area contributed by atoms with Gasteiger partial charge in [-0.2, -0.15) is 0 Å². The molecule has 0 bridgehead atoms. The molecular formula is C73H129NO8. The third-order valence-corrected chi connectivity index (χ3v) is 14.9. The quantitative estimate of drug-likeness (QED) is 0.0195. The fraction of sp³-hybridized carbons (Fsp3) is 0.767. The summed E-state index contributed by atoms with van der Waals surface area (Å²) in [6, 6.07) is 0. The van der Waals surface area contributed by atoms with Gasteiger partial charge in [0.2, 0.25) is 0 Å². The van der Waals surface area contributed by atoms with E-state index in [2.05, 4.69) is 98.9 Å². The summed E-state index contributed by atoms with van der Waals surface area (Å²) in [6.45, 7) is 4.67. The minimum atomic E-state index is -1.62. The van der Waals surface area contributed by atoms with Gasteiger partial charge in [0, 0.05) is 12.8 Å². The van der Waals surface area contributed by atoms with E-state index >= 15 is 0 Å². The number of allylic oxidation sites excluding steroid dienone is 14. The van der Waals surface area contributed by atoms with Crippen LogP contribution < -0.4 is 5.11 Å². The zero-order valence-electron chi connectivity index (χ0n) is 54.1. The van der Waals surface area contributed by atoms with Crippen LogP contribution in [0.3, 0.4) is 0 Å². The van der Waals surface area contributed by atoms with Crippen molar-refractivity contribution in [1.29, 1.82) is 0 Å². The Morgan fingerprint density at radius 1 is 0.378 bits per heavy atom. The van der Waals surface area contributed by atoms with Crippen molar-refractivity contribution in [1.82, 2.24) is 0 Å². The van der Waals surface area contributed by atoms with Crippen LogP contribution in [0.15, 0.2) is 85.1 Å². The number of nitrogens with zero attached hydrogens (tertiary/aromatic N) is 1. The van der Waals surface area contributed by atoms with Gasteiger partial charge in [0.25, 0.3) is 0 Å². The molecule has 0 N–H and O–H groups in total. The van der Waals surface area contributed by atoms with Crippen molar-refractivity contribution >= 4 is 17.9 Å². The molecule has 9 nitrogen and oxygen atoms in total. The third-order valence-electron chi connectivity index (χ3n) is 14.9. The van der Waals surface area contributed by atoms with E-state index in [1.807, 2.05) is 21.1 Å². The highest BCUT2D eigenvalue weighted by molar-refractivity contribution is 5.70. The van der Waals surface area contributed by atoms with Crippen molar-refractivity contribution in [3.8, 4) is 0 Å². The number of hydrogen-bond acceptors (Lipinski definition) is 8. The maximum Gasteiger partial charge on any atom is 0.306 e. The molecule has 82 heavy (non-hydrogen) atoms. The van der Waals surface area contributed by atoms with Crippen LogP contribution in [0.1, 0.15) is 303 Å². The Morgan fingerprint density at radius 3 is 1.04 bits per heavy atom. The molecule has 474 valence electrons. The van der Waals surface area contributed by atoms with Crippen LogP contribution in [-0.4, -0.2) is 82.3 Å². The fourth-order valence-corrected chi connectivity index (χ4v) is 9.70. The molecule has 0 saturated heterocycles. The maximum absolute atomic E-state index is 12.9. The average molecular weight is 1150 g/mol. The summed E-state index contributed by atoms with van der Waals surface area (Å²) in [7, 11) is 5.93. The van der Waals surface area contributed by atoms with E-state index in [4.69, 9.17) is 18.9 Å². The van der Waals surface area contributed by atoms with Crippen molar-refractivity contribution in [3.63, 3.8) is 0 Å². The molecule has 0 radical (unpaired) electrons. The molecule has 0 aromatic rings. The lowest BCUT2D eigenvalue weighted by Gasteiger charge is -2.26. The SMILES string of the molecule is CC/C=C\C/C=C\C/C=C\C/C=C\C/C=C\C/C=C\C/C=C\CCCCCCCCCCCCCCCCCCCC(=O)OC(COC(=O)CCCCCCCCCCCCCCCCCCCC)COC(OCC[N+](C)(C)C)C(=O)[O-]. The first-order chi connectivity index (χ1) is 40.1. The molecule has 2 unspecified atom stereocenters. The van der Waals surface area contributed by atoms with Gasteiger partial charge in [-0.05, 0) is 70.6 Å². The number of likely N-dealkylation sites (N-methyl/N-ethyl adjacent to an activating group) is 1. The first-order valence-electron chi connectivity index (χ1n) is 34.2. The Hall–Kier alpha value is -3.53. The molecule has 0 aliphatic heterocycles. The summed E-state index contributed by atoms with van der Waals surface area (Å²) in [5, 5.41) is 11.8. The number of unbranched alkanes of at least 4 members (excludes halogenated alkanes) is 34. The highest BCUT2D eigenvalue weighted by Crippen LogP contribution is 2.18. The predicted molar refractivity (Wildman–Crippen MR) is 348 cm³/mol.